The maximum Gasteiger partial charge on any atom is 0.183 e. The van der Waals surface area contributed by atoms with Crippen LogP contribution in [0.2, 0.25) is 0 Å². The van der Waals surface area contributed by atoms with E-state index in [9.17, 15) is 4.79 Å². The van der Waals surface area contributed by atoms with Gasteiger partial charge in [0.25, 0.3) is 0 Å². The van der Waals surface area contributed by atoms with Crippen molar-refractivity contribution < 1.29 is 4.79 Å². The Labute approximate surface area is 126 Å². The summed E-state index contributed by atoms with van der Waals surface area (Å²) < 4.78 is 1.62. The summed E-state index contributed by atoms with van der Waals surface area (Å²) >= 11 is 0. The highest BCUT2D eigenvalue weighted by Crippen LogP contribution is 2.70. The van der Waals surface area contributed by atoms with E-state index in [1.165, 1.54) is 38.5 Å². The van der Waals surface area contributed by atoms with Crippen LogP contribution in [0.4, 0.5) is 0 Å². The molecule has 0 amide bonds. The molecule has 0 aromatic carbocycles. The number of ketones is 1. The summed E-state index contributed by atoms with van der Waals surface area (Å²) in [5.41, 5.74) is 1.85. The number of hydrogen-bond acceptors (Lipinski definition) is 3. The van der Waals surface area contributed by atoms with Crippen molar-refractivity contribution in [1.82, 2.24) is 15.0 Å². The second-order valence-corrected chi connectivity index (χ2v) is 8.97. The molecule has 4 bridgehead atoms. The van der Waals surface area contributed by atoms with Crippen molar-refractivity contribution >= 4 is 5.78 Å². The first kappa shape index (κ1) is 13.5. The highest BCUT2D eigenvalue weighted by molar-refractivity contribution is 5.94. The molecule has 0 N–H and O–H groups in total. The van der Waals surface area contributed by atoms with Crippen molar-refractivity contribution in [1.29, 1.82) is 0 Å². The second-order valence-electron chi connectivity index (χ2n) is 8.97. The number of aryl methyl sites for hydroxylation is 1. The Kier molecular flexibility index (Phi) is 2.54. The van der Waals surface area contributed by atoms with E-state index in [0.717, 1.165) is 5.92 Å². The van der Waals surface area contributed by atoms with E-state index in [2.05, 4.69) is 24.2 Å². The Balaban J connectivity index is 1.63. The van der Waals surface area contributed by atoms with E-state index in [4.69, 9.17) is 0 Å². The zero-order valence-corrected chi connectivity index (χ0v) is 13.4. The summed E-state index contributed by atoms with van der Waals surface area (Å²) in [7, 11) is 1.81. The molecule has 1 heterocycles. The van der Waals surface area contributed by atoms with Gasteiger partial charge in [0, 0.05) is 13.5 Å². The lowest BCUT2D eigenvalue weighted by Gasteiger charge is -2.65. The summed E-state index contributed by atoms with van der Waals surface area (Å²) in [4.78, 5) is 12.7. The van der Waals surface area contributed by atoms with Crippen molar-refractivity contribution in [2.45, 2.75) is 58.8 Å². The first-order valence-electron chi connectivity index (χ1n) is 8.19. The highest BCUT2D eigenvalue weighted by Gasteiger charge is 2.60. The number of carbonyl (C=O) groups is 1. The Hall–Kier alpha value is -1.19. The molecule has 114 valence electrons. The lowest BCUT2D eigenvalue weighted by atomic mass is 9.39. The average molecular weight is 287 g/mol. The maximum absolute atomic E-state index is 12.7. The van der Waals surface area contributed by atoms with Crippen molar-refractivity contribution in [3.63, 3.8) is 0 Å². The third-order valence-corrected chi connectivity index (χ3v) is 6.28. The summed E-state index contributed by atoms with van der Waals surface area (Å²) in [6.07, 6.45) is 10.2. The number of carbonyl (C=O) groups excluding carboxylic acids is 1. The molecule has 4 saturated carbocycles. The standard InChI is InChI=1S/C17H25N3O/c1-15-4-12-5-16(2,9-15)11-17(6-12,10-15)7-14(21)13-8-18-19-20(13)3/h8,12H,4-7,9-11H2,1-3H3. The zero-order chi connectivity index (χ0) is 14.9. The van der Waals surface area contributed by atoms with Gasteiger partial charge in [-0.1, -0.05) is 19.1 Å². The number of nitrogens with zero attached hydrogens (tertiary/aromatic N) is 3. The van der Waals surface area contributed by atoms with Crippen LogP contribution in [0.15, 0.2) is 6.20 Å². The molecule has 0 spiro atoms. The molecule has 2 atom stereocenters. The van der Waals surface area contributed by atoms with Gasteiger partial charge in [-0.15, -0.1) is 5.10 Å². The average Bonchev–Trinajstić information content (AvgIpc) is 2.69. The van der Waals surface area contributed by atoms with Crippen LogP contribution < -0.4 is 0 Å². The van der Waals surface area contributed by atoms with Gasteiger partial charge in [0.15, 0.2) is 5.78 Å². The first-order valence-corrected chi connectivity index (χ1v) is 8.19. The van der Waals surface area contributed by atoms with Gasteiger partial charge in [-0.3, -0.25) is 4.79 Å². The minimum Gasteiger partial charge on any atom is -0.292 e. The molecule has 0 saturated heterocycles. The smallest absolute Gasteiger partial charge is 0.183 e. The lowest BCUT2D eigenvalue weighted by molar-refractivity contribution is -0.143. The quantitative estimate of drug-likeness (QED) is 0.801. The van der Waals surface area contributed by atoms with E-state index in [1.807, 2.05) is 7.05 Å². The molecule has 1 aromatic heterocycles. The molecule has 0 aliphatic heterocycles. The van der Waals surface area contributed by atoms with Crippen LogP contribution in [-0.4, -0.2) is 20.8 Å². The fourth-order valence-electron chi connectivity index (χ4n) is 6.85. The van der Waals surface area contributed by atoms with E-state index in [0.29, 0.717) is 22.9 Å². The second kappa shape index (κ2) is 3.96. The topological polar surface area (TPSA) is 47.8 Å². The predicted octanol–water partition coefficient (Wildman–Crippen LogP) is 3.38. The Morgan fingerprint density at radius 2 is 1.90 bits per heavy atom. The van der Waals surface area contributed by atoms with Crippen molar-refractivity contribution in [3.8, 4) is 0 Å². The van der Waals surface area contributed by atoms with Crippen molar-refractivity contribution in [3.05, 3.63) is 11.9 Å². The zero-order valence-electron chi connectivity index (χ0n) is 13.4. The summed E-state index contributed by atoms with van der Waals surface area (Å²) in [6.45, 7) is 4.92. The molecule has 1 aromatic rings. The van der Waals surface area contributed by atoms with E-state index in [-0.39, 0.29) is 11.2 Å². The molecule has 4 aliphatic rings. The number of Topliss-reactive ketones (excluding diaryl/α,β-unsaturated/α-hetero) is 1. The molecule has 21 heavy (non-hydrogen) atoms. The van der Waals surface area contributed by atoms with Gasteiger partial charge in [-0.25, -0.2) is 4.68 Å². The van der Waals surface area contributed by atoms with Crippen LogP contribution in [0.3, 0.4) is 0 Å². The first-order chi connectivity index (χ1) is 9.81. The van der Waals surface area contributed by atoms with Gasteiger partial charge in [0.2, 0.25) is 0 Å². The normalized spacial score (nSPS) is 44.2. The van der Waals surface area contributed by atoms with Crippen LogP contribution in [0.5, 0.6) is 0 Å². The van der Waals surface area contributed by atoms with Gasteiger partial charge in [0.05, 0.1) is 6.20 Å². The van der Waals surface area contributed by atoms with Crippen LogP contribution >= 0.6 is 0 Å². The number of aromatic nitrogens is 3. The van der Waals surface area contributed by atoms with Gasteiger partial charge >= 0.3 is 0 Å². The van der Waals surface area contributed by atoms with E-state index >= 15 is 0 Å². The molecular formula is C17H25N3O. The van der Waals surface area contributed by atoms with Crippen molar-refractivity contribution in [2.75, 3.05) is 0 Å². The van der Waals surface area contributed by atoms with E-state index in [1.54, 1.807) is 10.9 Å². The van der Waals surface area contributed by atoms with Crippen LogP contribution in [0.1, 0.15) is 69.3 Å². The van der Waals surface area contributed by atoms with Crippen LogP contribution in [0.25, 0.3) is 0 Å². The molecular weight excluding hydrogens is 262 g/mol. The molecule has 4 heteroatoms. The monoisotopic (exact) mass is 287 g/mol. The summed E-state index contributed by atoms with van der Waals surface area (Å²) in [5, 5.41) is 7.76. The highest BCUT2D eigenvalue weighted by atomic mass is 16.1. The lowest BCUT2D eigenvalue weighted by Crippen LogP contribution is -2.55. The minimum absolute atomic E-state index is 0.233. The molecule has 4 aliphatic carbocycles. The molecule has 5 rings (SSSR count). The van der Waals surface area contributed by atoms with Gasteiger partial charge in [0.1, 0.15) is 5.69 Å². The van der Waals surface area contributed by atoms with Crippen LogP contribution in [0, 0.1) is 22.2 Å². The Morgan fingerprint density at radius 1 is 1.24 bits per heavy atom. The number of hydrogen-bond donors (Lipinski definition) is 0. The SMILES string of the molecule is Cn1nncc1C(=O)CC12CC3CC(C)(CC(C)(C3)C1)C2. The third-order valence-electron chi connectivity index (χ3n) is 6.28. The van der Waals surface area contributed by atoms with Gasteiger partial charge in [-0.05, 0) is 60.7 Å². The minimum atomic E-state index is 0.233. The summed E-state index contributed by atoms with van der Waals surface area (Å²) in [5.74, 6) is 1.07. The van der Waals surface area contributed by atoms with E-state index < -0.39 is 0 Å². The van der Waals surface area contributed by atoms with Crippen LogP contribution in [-0.2, 0) is 7.05 Å². The Morgan fingerprint density at radius 3 is 2.43 bits per heavy atom. The molecule has 4 fully saturated rings. The summed E-state index contributed by atoms with van der Waals surface area (Å²) in [6, 6.07) is 0. The fraction of sp³-hybridized carbons (Fsp3) is 0.824. The fourth-order valence-corrected chi connectivity index (χ4v) is 6.85. The maximum atomic E-state index is 12.7. The largest absolute Gasteiger partial charge is 0.292 e. The molecule has 4 nitrogen and oxygen atoms in total. The number of rotatable bonds is 3. The third kappa shape index (κ3) is 2.06. The van der Waals surface area contributed by atoms with Gasteiger partial charge < -0.3 is 0 Å². The predicted molar refractivity (Wildman–Crippen MR) is 79.8 cm³/mol. The molecule has 2 unspecified atom stereocenters. The van der Waals surface area contributed by atoms with Crippen molar-refractivity contribution in [2.24, 2.45) is 29.2 Å². The van der Waals surface area contributed by atoms with Gasteiger partial charge in [-0.2, -0.15) is 0 Å². The Bertz CT molecular complexity index is 587. The molecule has 0 radical (unpaired) electrons.